The second kappa shape index (κ2) is 8.31. The molecule has 148 valence electrons. The molecular formula is C23H24N4O2. The third kappa shape index (κ3) is 4.21. The molecule has 0 fully saturated rings. The summed E-state index contributed by atoms with van der Waals surface area (Å²) in [5.74, 6) is 0.472. The van der Waals surface area contributed by atoms with Crippen LogP contribution in [0.25, 0.3) is 0 Å². The quantitative estimate of drug-likeness (QED) is 0.730. The van der Waals surface area contributed by atoms with E-state index in [1.54, 1.807) is 12.1 Å². The van der Waals surface area contributed by atoms with Crippen LogP contribution in [-0.4, -0.2) is 33.0 Å². The summed E-state index contributed by atoms with van der Waals surface area (Å²) in [6.45, 7) is 1.15. The molecule has 0 aliphatic carbocycles. The maximum Gasteiger partial charge on any atom is 0.256 e. The molecule has 0 saturated carbocycles. The molecule has 0 radical (unpaired) electrons. The van der Waals surface area contributed by atoms with Gasteiger partial charge in [-0.3, -0.25) is 14.3 Å². The van der Waals surface area contributed by atoms with Crippen molar-refractivity contribution in [3.63, 3.8) is 0 Å². The molecule has 0 saturated heterocycles. The van der Waals surface area contributed by atoms with E-state index >= 15 is 0 Å². The lowest BCUT2D eigenvalue weighted by Crippen LogP contribution is -2.36. The second-order valence-corrected chi connectivity index (χ2v) is 7.27. The van der Waals surface area contributed by atoms with E-state index in [4.69, 9.17) is 0 Å². The minimum atomic E-state index is -0.195. The van der Waals surface area contributed by atoms with Crippen molar-refractivity contribution in [1.82, 2.24) is 14.7 Å². The number of fused-ring (bicyclic) bond motifs is 1. The van der Waals surface area contributed by atoms with Crippen molar-refractivity contribution in [3.8, 4) is 0 Å². The van der Waals surface area contributed by atoms with Crippen LogP contribution in [0.5, 0.6) is 0 Å². The highest BCUT2D eigenvalue weighted by atomic mass is 16.2. The highest BCUT2D eigenvalue weighted by molar-refractivity contribution is 6.04. The highest BCUT2D eigenvalue weighted by Crippen LogP contribution is 2.26. The highest BCUT2D eigenvalue weighted by Gasteiger charge is 2.27. The first-order valence-corrected chi connectivity index (χ1v) is 9.84. The molecule has 29 heavy (non-hydrogen) atoms. The molecule has 0 bridgehead atoms. The predicted molar refractivity (Wildman–Crippen MR) is 111 cm³/mol. The number of carbonyl (C=O) groups is 2. The third-order valence-corrected chi connectivity index (χ3v) is 5.33. The number of carbonyl (C=O) groups excluding carboxylic acids is 2. The first-order valence-electron chi connectivity index (χ1n) is 9.84. The van der Waals surface area contributed by atoms with Gasteiger partial charge in [0, 0.05) is 43.3 Å². The topological polar surface area (TPSA) is 67.2 Å². The molecule has 0 spiro atoms. The number of hydrogen-bond donors (Lipinski definition) is 1. The zero-order valence-electron chi connectivity index (χ0n) is 16.5. The number of amides is 2. The molecule has 6 nitrogen and oxygen atoms in total. The summed E-state index contributed by atoms with van der Waals surface area (Å²) in [4.78, 5) is 27.2. The van der Waals surface area contributed by atoms with Crippen LogP contribution in [0.2, 0.25) is 0 Å². The van der Waals surface area contributed by atoms with Gasteiger partial charge in [0.2, 0.25) is 5.91 Å². The number of rotatable bonds is 5. The zero-order chi connectivity index (χ0) is 20.2. The molecule has 6 heteroatoms. The van der Waals surface area contributed by atoms with Gasteiger partial charge in [0.25, 0.3) is 5.91 Å². The second-order valence-electron chi connectivity index (χ2n) is 7.27. The van der Waals surface area contributed by atoms with E-state index in [0.29, 0.717) is 30.9 Å². The lowest BCUT2D eigenvalue weighted by Gasteiger charge is -2.27. The van der Waals surface area contributed by atoms with Crippen LogP contribution in [0.3, 0.4) is 0 Å². The summed E-state index contributed by atoms with van der Waals surface area (Å²) < 4.78 is 1.81. The normalized spacial score (nSPS) is 13.1. The van der Waals surface area contributed by atoms with Crippen molar-refractivity contribution in [2.24, 2.45) is 7.05 Å². The van der Waals surface area contributed by atoms with Gasteiger partial charge in [-0.2, -0.15) is 5.10 Å². The van der Waals surface area contributed by atoms with Crippen LogP contribution in [0.15, 0.2) is 60.7 Å². The van der Waals surface area contributed by atoms with Gasteiger partial charge in [0.15, 0.2) is 5.82 Å². The van der Waals surface area contributed by atoms with Crippen molar-refractivity contribution >= 4 is 17.6 Å². The average molecular weight is 388 g/mol. The monoisotopic (exact) mass is 388 g/mol. The number of aryl methyl sites for hydroxylation is 2. The van der Waals surface area contributed by atoms with Crippen molar-refractivity contribution in [3.05, 3.63) is 83.0 Å². The molecule has 2 amide bonds. The Balaban J connectivity index is 1.45. The van der Waals surface area contributed by atoms with Crippen LogP contribution in [0, 0.1) is 0 Å². The number of anilines is 1. The first kappa shape index (κ1) is 18.9. The summed E-state index contributed by atoms with van der Waals surface area (Å²) in [6.07, 6.45) is 1.94. The number of nitrogens with zero attached hydrogens (tertiary/aromatic N) is 3. The fourth-order valence-electron chi connectivity index (χ4n) is 3.73. The minimum Gasteiger partial charge on any atom is -0.338 e. The van der Waals surface area contributed by atoms with Crippen molar-refractivity contribution in [2.75, 3.05) is 11.9 Å². The summed E-state index contributed by atoms with van der Waals surface area (Å²) in [5.41, 5.74) is 3.74. The van der Waals surface area contributed by atoms with Crippen LogP contribution < -0.4 is 5.32 Å². The van der Waals surface area contributed by atoms with E-state index in [0.717, 1.165) is 29.7 Å². The van der Waals surface area contributed by atoms with Gasteiger partial charge in [-0.25, -0.2) is 0 Å². The Morgan fingerprint density at radius 2 is 1.72 bits per heavy atom. The molecule has 1 aliphatic rings. The maximum atomic E-state index is 12.8. The molecule has 1 N–H and O–H groups in total. The van der Waals surface area contributed by atoms with Gasteiger partial charge in [-0.15, -0.1) is 0 Å². The molecule has 1 aromatic heterocycles. The van der Waals surface area contributed by atoms with Crippen LogP contribution in [-0.2, 0) is 31.2 Å². The number of hydrogen-bond acceptors (Lipinski definition) is 3. The summed E-state index contributed by atoms with van der Waals surface area (Å²) in [6, 6.07) is 19.1. The standard InChI is InChI=1S/C23H24N4O2/c1-26-20-14-15-27(21(28)13-12-17-8-4-2-5-9-17)16-19(20)22(25-26)24-23(29)18-10-6-3-7-11-18/h2-11H,12-16H2,1H3,(H,24,25,29). The lowest BCUT2D eigenvalue weighted by atomic mass is 10.0. The predicted octanol–water partition coefficient (Wildman–Crippen LogP) is 3.19. The molecule has 0 unspecified atom stereocenters. The van der Waals surface area contributed by atoms with Crippen LogP contribution in [0.1, 0.15) is 33.6 Å². The Morgan fingerprint density at radius 3 is 2.45 bits per heavy atom. The Morgan fingerprint density at radius 1 is 1.03 bits per heavy atom. The molecule has 0 atom stereocenters. The van der Waals surface area contributed by atoms with E-state index in [2.05, 4.69) is 10.4 Å². The Hall–Kier alpha value is -3.41. The summed E-state index contributed by atoms with van der Waals surface area (Å²) >= 11 is 0. The van der Waals surface area contributed by atoms with Gasteiger partial charge in [-0.1, -0.05) is 48.5 Å². The number of nitrogens with one attached hydrogen (secondary N) is 1. The molecule has 1 aliphatic heterocycles. The molecule has 2 heterocycles. The van der Waals surface area contributed by atoms with Crippen molar-refractivity contribution in [2.45, 2.75) is 25.8 Å². The summed E-state index contributed by atoms with van der Waals surface area (Å²) in [5, 5.41) is 7.41. The van der Waals surface area contributed by atoms with Crippen molar-refractivity contribution < 1.29 is 9.59 Å². The molecule has 2 aromatic carbocycles. The number of benzene rings is 2. The fourth-order valence-corrected chi connectivity index (χ4v) is 3.73. The van der Waals surface area contributed by atoms with Gasteiger partial charge in [0.1, 0.15) is 0 Å². The van der Waals surface area contributed by atoms with E-state index < -0.39 is 0 Å². The zero-order valence-corrected chi connectivity index (χ0v) is 16.5. The van der Waals surface area contributed by atoms with Gasteiger partial charge in [0.05, 0.1) is 6.54 Å². The molecular weight excluding hydrogens is 364 g/mol. The largest absolute Gasteiger partial charge is 0.338 e. The summed E-state index contributed by atoms with van der Waals surface area (Å²) in [7, 11) is 1.88. The smallest absolute Gasteiger partial charge is 0.256 e. The third-order valence-electron chi connectivity index (χ3n) is 5.33. The van der Waals surface area contributed by atoms with Gasteiger partial charge in [-0.05, 0) is 24.1 Å². The molecule has 3 aromatic rings. The van der Waals surface area contributed by atoms with Crippen molar-refractivity contribution in [1.29, 1.82) is 0 Å². The Labute approximate surface area is 170 Å². The first-order chi connectivity index (χ1) is 14.1. The van der Waals surface area contributed by atoms with E-state index in [-0.39, 0.29) is 11.8 Å². The lowest BCUT2D eigenvalue weighted by molar-refractivity contribution is -0.132. The van der Waals surface area contributed by atoms with Crippen LogP contribution in [0.4, 0.5) is 5.82 Å². The van der Waals surface area contributed by atoms with Gasteiger partial charge >= 0.3 is 0 Å². The Kier molecular flexibility index (Phi) is 5.42. The van der Waals surface area contributed by atoms with E-state index in [9.17, 15) is 9.59 Å². The van der Waals surface area contributed by atoms with Gasteiger partial charge < -0.3 is 10.2 Å². The minimum absolute atomic E-state index is 0.128. The fraction of sp³-hybridized carbons (Fsp3) is 0.261. The molecule has 4 rings (SSSR count). The Bertz CT molecular complexity index is 1010. The maximum absolute atomic E-state index is 12.8. The van der Waals surface area contributed by atoms with E-state index in [1.165, 1.54) is 0 Å². The average Bonchev–Trinajstić information content (AvgIpc) is 3.08. The van der Waals surface area contributed by atoms with E-state index in [1.807, 2.05) is 65.2 Å². The SMILES string of the molecule is Cn1nc(NC(=O)c2ccccc2)c2c1CCN(C(=O)CCc1ccccc1)C2. The van der Waals surface area contributed by atoms with Crippen LogP contribution >= 0.6 is 0 Å². The number of aromatic nitrogens is 2.